The Labute approximate surface area is 147 Å². The van der Waals surface area contributed by atoms with Crippen LogP contribution in [-0.2, 0) is 11.3 Å². The van der Waals surface area contributed by atoms with Crippen molar-refractivity contribution in [1.82, 2.24) is 15.2 Å². The number of pyridine rings is 1. The monoisotopic (exact) mass is 341 g/mol. The van der Waals surface area contributed by atoms with Gasteiger partial charge in [0.2, 0.25) is 5.91 Å². The van der Waals surface area contributed by atoms with E-state index >= 15 is 0 Å². The van der Waals surface area contributed by atoms with E-state index in [-0.39, 0.29) is 17.2 Å². The van der Waals surface area contributed by atoms with Gasteiger partial charge in [0, 0.05) is 25.2 Å². The van der Waals surface area contributed by atoms with Gasteiger partial charge in [0.25, 0.3) is 0 Å². The summed E-state index contributed by atoms with van der Waals surface area (Å²) in [6.45, 7) is 5.55. The SMILES string of the molecule is Cc1ccc(CN2CC[C@@]3(C2)C(=O)NC[C@H]3COc2cccnc2)o1. The highest BCUT2D eigenvalue weighted by Gasteiger charge is 2.54. The zero-order chi connectivity index (χ0) is 17.3. The van der Waals surface area contributed by atoms with Crippen molar-refractivity contribution >= 4 is 5.91 Å². The number of ether oxygens (including phenoxy) is 1. The first kappa shape index (κ1) is 16.1. The van der Waals surface area contributed by atoms with Crippen molar-refractivity contribution in [3.05, 3.63) is 48.2 Å². The molecule has 1 spiro atoms. The Balaban J connectivity index is 1.42. The molecule has 1 N–H and O–H groups in total. The average Bonchev–Trinajstić information content (AvgIpc) is 3.30. The van der Waals surface area contributed by atoms with Crippen molar-refractivity contribution in [3.8, 4) is 5.75 Å². The van der Waals surface area contributed by atoms with Crippen molar-refractivity contribution in [3.63, 3.8) is 0 Å². The molecule has 6 nitrogen and oxygen atoms in total. The minimum absolute atomic E-state index is 0.158. The third kappa shape index (κ3) is 3.14. The number of likely N-dealkylation sites (tertiary alicyclic amines) is 1. The van der Waals surface area contributed by atoms with Crippen LogP contribution in [0.2, 0.25) is 0 Å². The molecule has 2 atom stereocenters. The van der Waals surface area contributed by atoms with Crippen LogP contribution >= 0.6 is 0 Å². The molecule has 2 aliphatic heterocycles. The van der Waals surface area contributed by atoms with E-state index in [2.05, 4.69) is 15.2 Å². The van der Waals surface area contributed by atoms with Crippen LogP contribution in [0.4, 0.5) is 0 Å². The highest BCUT2D eigenvalue weighted by Crippen LogP contribution is 2.42. The zero-order valence-electron chi connectivity index (χ0n) is 14.4. The summed E-state index contributed by atoms with van der Waals surface area (Å²) in [7, 11) is 0. The average molecular weight is 341 g/mol. The first-order chi connectivity index (χ1) is 12.2. The minimum Gasteiger partial charge on any atom is -0.492 e. The Morgan fingerprint density at radius 2 is 2.36 bits per heavy atom. The Kier molecular flexibility index (Phi) is 4.21. The highest BCUT2D eigenvalue weighted by atomic mass is 16.5. The van der Waals surface area contributed by atoms with Crippen LogP contribution in [0, 0.1) is 18.3 Å². The molecule has 0 saturated carbocycles. The number of nitrogens with zero attached hydrogens (tertiary/aromatic N) is 2. The van der Waals surface area contributed by atoms with Gasteiger partial charge in [-0.3, -0.25) is 14.7 Å². The number of furan rings is 1. The van der Waals surface area contributed by atoms with Crippen molar-refractivity contribution < 1.29 is 13.9 Å². The third-order valence-electron chi connectivity index (χ3n) is 5.38. The molecule has 2 saturated heterocycles. The Morgan fingerprint density at radius 1 is 1.44 bits per heavy atom. The first-order valence-electron chi connectivity index (χ1n) is 8.74. The second-order valence-corrected chi connectivity index (χ2v) is 7.04. The summed E-state index contributed by atoms with van der Waals surface area (Å²) in [5.41, 5.74) is -0.357. The summed E-state index contributed by atoms with van der Waals surface area (Å²) in [4.78, 5) is 19.0. The Morgan fingerprint density at radius 3 is 3.12 bits per heavy atom. The van der Waals surface area contributed by atoms with E-state index < -0.39 is 0 Å². The predicted molar refractivity (Wildman–Crippen MR) is 92.0 cm³/mol. The zero-order valence-corrected chi connectivity index (χ0v) is 14.4. The maximum Gasteiger partial charge on any atom is 0.228 e. The molecule has 1 amide bonds. The quantitative estimate of drug-likeness (QED) is 0.901. The van der Waals surface area contributed by atoms with Crippen LogP contribution in [0.1, 0.15) is 17.9 Å². The number of carbonyl (C=O) groups excluding carboxylic acids is 1. The summed E-state index contributed by atoms with van der Waals surface area (Å²) in [5.74, 6) is 2.95. The van der Waals surface area contributed by atoms with E-state index in [4.69, 9.17) is 9.15 Å². The molecule has 0 radical (unpaired) electrons. The molecule has 2 aromatic heterocycles. The van der Waals surface area contributed by atoms with Crippen LogP contribution in [0.25, 0.3) is 0 Å². The molecule has 0 unspecified atom stereocenters. The number of nitrogens with one attached hydrogen (secondary N) is 1. The number of carbonyl (C=O) groups is 1. The maximum atomic E-state index is 12.6. The van der Waals surface area contributed by atoms with Crippen LogP contribution in [0.5, 0.6) is 5.75 Å². The molecule has 2 aliphatic rings. The van der Waals surface area contributed by atoms with Crippen molar-refractivity contribution in [1.29, 1.82) is 0 Å². The van der Waals surface area contributed by atoms with E-state index in [1.165, 1.54) is 0 Å². The third-order valence-corrected chi connectivity index (χ3v) is 5.38. The van der Waals surface area contributed by atoms with Crippen LogP contribution in [0.15, 0.2) is 41.1 Å². The predicted octanol–water partition coefficient (Wildman–Crippen LogP) is 2.00. The lowest BCUT2D eigenvalue weighted by Crippen LogP contribution is -2.40. The van der Waals surface area contributed by atoms with Gasteiger partial charge in [-0.1, -0.05) is 0 Å². The van der Waals surface area contributed by atoms with E-state index in [1.807, 2.05) is 31.2 Å². The van der Waals surface area contributed by atoms with E-state index in [0.29, 0.717) is 13.2 Å². The summed E-state index contributed by atoms with van der Waals surface area (Å²) in [6.07, 6.45) is 4.29. The molecule has 0 aromatic carbocycles. The van der Waals surface area contributed by atoms with Gasteiger partial charge in [-0.05, 0) is 44.2 Å². The van der Waals surface area contributed by atoms with Gasteiger partial charge in [0.05, 0.1) is 24.8 Å². The molecule has 4 rings (SSSR count). The number of amides is 1. The van der Waals surface area contributed by atoms with E-state index in [1.54, 1.807) is 12.4 Å². The molecule has 25 heavy (non-hydrogen) atoms. The molecule has 0 aliphatic carbocycles. The second-order valence-electron chi connectivity index (χ2n) is 7.04. The number of hydrogen-bond donors (Lipinski definition) is 1. The second kappa shape index (κ2) is 6.52. The molecule has 6 heteroatoms. The smallest absolute Gasteiger partial charge is 0.228 e. The van der Waals surface area contributed by atoms with Crippen molar-refractivity contribution in [2.24, 2.45) is 11.3 Å². The van der Waals surface area contributed by atoms with Gasteiger partial charge in [-0.2, -0.15) is 0 Å². The van der Waals surface area contributed by atoms with Gasteiger partial charge in [0.1, 0.15) is 17.3 Å². The number of hydrogen-bond acceptors (Lipinski definition) is 5. The topological polar surface area (TPSA) is 67.6 Å². The van der Waals surface area contributed by atoms with Gasteiger partial charge in [0.15, 0.2) is 0 Å². The minimum atomic E-state index is -0.357. The number of aryl methyl sites for hydroxylation is 1. The summed E-state index contributed by atoms with van der Waals surface area (Å²) in [5, 5.41) is 3.04. The molecule has 2 aromatic rings. The summed E-state index contributed by atoms with van der Waals surface area (Å²) in [6, 6.07) is 7.74. The normalized spacial score (nSPS) is 26.3. The lowest BCUT2D eigenvalue weighted by Gasteiger charge is -2.28. The van der Waals surface area contributed by atoms with Gasteiger partial charge in [-0.25, -0.2) is 0 Å². The fourth-order valence-corrected chi connectivity index (χ4v) is 3.98. The standard InChI is InChI=1S/C19H23N3O3/c1-14-4-5-17(25-14)11-22-8-6-19(13-22)15(9-21-18(19)23)12-24-16-3-2-7-20-10-16/h2-5,7,10,15H,6,8-9,11-13H2,1H3,(H,21,23)/t15-,19-/m0/s1. The summed E-state index contributed by atoms with van der Waals surface area (Å²) < 4.78 is 11.6. The lowest BCUT2D eigenvalue weighted by molar-refractivity contribution is -0.128. The van der Waals surface area contributed by atoms with Crippen molar-refractivity contribution in [2.45, 2.75) is 19.9 Å². The lowest BCUT2D eigenvalue weighted by atomic mass is 9.77. The van der Waals surface area contributed by atoms with Gasteiger partial charge in [-0.15, -0.1) is 0 Å². The molecule has 4 heterocycles. The highest BCUT2D eigenvalue weighted by molar-refractivity contribution is 5.86. The first-order valence-corrected chi connectivity index (χ1v) is 8.74. The Bertz CT molecular complexity index is 745. The fraction of sp³-hybridized carbons (Fsp3) is 0.474. The van der Waals surface area contributed by atoms with Gasteiger partial charge >= 0.3 is 0 Å². The number of rotatable bonds is 5. The molecule has 2 fully saturated rings. The molecular formula is C19H23N3O3. The van der Waals surface area contributed by atoms with E-state index in [9.17, 15) is 4.79 Å². The Hall–Kier alpha value is -2.34. The van der Waals surface area contributed by atoms with Crippen LogP contribution < -0.4 is 10.1 Å². The largest absolute Gasteiger partial charge is 0.492 e. The van der Waals surface area contributed by atoms with Crippen LogP contribution in [0.3, 0.4) is 0 Å². The molecule has 0 bridgehead atoms. The van der Waals surface area contributed by atoms with Crippen LogP contribution in [-0.4, -0.2) is 42.0 Å². The summed E-state index contributed by atoms with van der Waals surface area (Å²) >= 11 is 0. The molecular weight excluding hydrogens is 318 g/mol. The fourth-order valence-electron chi connectivity index (χ4n) is 3.98. The van der Waals surface area contributed by atoms with E-state index in [0.717, 1.165) is 43.3 Å². The van der Waals surface area contributed by atoms with Crippen molar-refractivity contribution in [2.75, 3.05) is 26.2 Å². The molecule has 132 valence electrons. The van der Waals surface area contributed by atoms with Gasteiger partial charge < -0.3 is 14.5 Å². The number of aromatic nitrogens is 1. The maximum absolute atomic E-state index is 12.6.